The molecule has 0 bridgehead atoms. The third-order valence-corrected chi connectivity index (χ3v) is 5.07. The lowest BCUT2D eigenvalue weighted by atomic mass is 10.1. The molecule has 0 unspecified atom stereocenters. The van der Waals surface area contributed by atoms with E-state index in [0.29, 0.717) is 11.6 Å². The molecule has 0 atom stereocenters. The number of piperidine rings is 1. The summed E-state index contributed by atoms with van der Waals surface area (Å²) in [6, 6.07) is 6.24. The Hall–Kier alpha value is -3.33. The van der Waals surface area contributed by atoms with Crippen molar-refractivity contribution in [3.05, 3.63) is 54.2 Å². The molecule has 0 spiro atoms. The fraction of sp³-hybridized carbons (Fsp3) is 0.300. The van der Waals surface area contributed by atoms with E-state index in [0.717, 1.165) is 37.8 Å². The van der Waals surface area contributed by atoms with Crippen LogP contribution in [0.4, 0.5) is 16.0 Å². The van der Waals surface area contributed by atoms with E-state index in [4.69, 9.17) is 5.11 Å². The molecule has 150 valence electrons. The summed E-state index contributed by atoms with van der Waals surface area (Å²) in [6.45, 7) is 2.08. The van der Waals surface area contributed by atoms with Gasteiger partial charge in [0.05, 0.1) is 29.7 Å². The summed E-state index contributed by atoms with van der Waals surface area (Å²) in [4.78, 5) is 21.5. The second-order valence-electron chi connectivity index (χ2n) is 7.14. The number of halogens is 1. The second kappa shape index (κ2) is 7.96. The van der Waals surface area contributed by atoms with Gasteiger partial charge >= 0.3 is 5.97 Å². The fourth-order valence-electron chi connectivity index (χ4n) is 3.39. The number of likely N-dealkylation sites (tertiary alicyclic amines) is 1. The van der Waals surface area contributed by atoms with Crippen molar-refractivity contribution in [2.45, 2.75) is 18.9 Å². The molecule has 3 aromatic rings. The molecular formula is C20H21FN6O2. The first-order valence-corrected chi connectivity index (χ1v) is 9.35. The number of aromatic nitrogens is 4. The molecule has 2 N–H and O–H groups in total. The molecule has 1 aromatic carbocycles. The highest BCUT2D eigenvalue weighted by Crippen LogP contribution is 2.25. The van der Waals surface area contributed by atoms with Crippen LogP contribution in [0.15, 0.2) is 42.9 Å². The van der Waals surface area contributed by atoms with Gasteiger partial charge in [-0.15, -0.1) is 0 Å². The van der Waals surface area contributed by atoms with Gasteiger partial charge in [0.25, 0.3) is 0 Å². The predicted molar refractivity (Wildman–Crippen MR) is 106 cm³/mol. The van der Waals surface area contributed by atoms with Gasteiger partial charge in [-0.05, 0) is 45.1 Å². The fourth-order valence-corrected chi connectivity index (χ4v) is 3.39. The SMILES string of the molecule is CN1CCC(n2cc(Nc3ncc(F)c(-c4ccc(C(=O)O)cc4)n3)cn2)CC1. The van der Waals surface area contributed by atoms with E-state index in [9.17, 15) is 9.18 Å². The predicted octanol–water partition coefficient (Wildman–Crippen LogP) is 3.19. The van der Waals surface area contributed by atoms with E-state index < -0.39 is 11.8 Å². The Labute approximate surface area is 167 Å². The molecule has 3 heterocycles. The molecule has 0 radical (unpaired) electrons. The quantitative estimate of drug-likeness (QED) is 0.684. The number of carboxylic acid groups (broad SMARTS) is 1. The monoisotopic (exact) mass is 396 g/mol. The Morgan fingerprint density at radius 2 is 1.93 bits per heavy atom. The lowest BCUT2D eigenvalue weighted by Crippen LogP contribution is -2.31. The Morgan fingerprint density at radius 1 is 1.21 bits per heavy atom. The van der Waals surface area contributed by atoms with Crippen molar-refractivity contribution in [1.82, 2.24) is 24.6 Å². The summed E-state index contributed by atoms with van der Waals surface area (Å²) in [5.41, 5.74) is 1.42. The van der Waals surface area contributed by atoms with Gasteiger partial charge in [0, 0.05) is 11.8 Å². The number of hydrogen-bond acceptors (Lipinski definition) is 6. The van der Waals surface area contributed by atoms with Gasteiger partial charge in [0.15, 0.2) is 5.82 Å². The van der Waals surface area contributed by atoms with Crippen LogP contribution in [0.3, 0.4) is 0 Å². The molecule has 8 nitrogen and oxygen atoms in total. The van der Waals surface area contributed by atoms with Gasteiger partial charge in [-0.3, -0.25) is 4.68 Å². The Bertz CT molecular complexity index is 1010. The van der Waals surface area contributed by atoms with Crippen LogP contribution in [0.1, 0.15) is 29.2 Å². The van der Waals surface area contributed by atoms with Gasteiger partial charge in [0.2, 0.25) is 5.95 Å². The van der Waals surface area contributed by atoms with Crippen LogP contribution in [0, 0.1) is 5.82 Å². The molecule has 1 aliphatic heterocycles. The maximum absolute atomic E-state index is 14.2. The van der Waals surface area contributed by atoms with Crippen molar-refractivity contribution < 1.29 is 14.3 Å². The first-order valence-electron chi connectivity index (χ1n) is 9.35. The lowest BCUT2D eigenvalue weighted by Gasteiger charge is -2.28. The standard InChI is InChI=1S/C20H21FN6O2/c1-26-8-6-16(7-9-26)27-12-15(10-23-27)24-20-22-11-17(21)18(25-20)13-2-4-14(5-3-13)19(28)29/h2-5,10-12,16H,6-9H2,1H3,(H,28,29)(H,22,24,25). The highest BCUT2D eigenvalue weighted by Gasteiger charge is 2.19. The summed E-state index contributed by atoms with van der Waals surface area (Å²) < 4.78 is 16.2. The van der Waals surface area contributed by atoms with E-state index in [2.05, 4.69) is 32.3 Å². The average molecular weight is 396 g/mol. The summed E-state index contributed by atoms with van der Waals surface area (Å²) in [5.74, 6) is -1.38. The number of aromatic carboxylic acids is 1. The number of benzene rings is 1. The first-order chi connectivity index (χ1) is 14.0. The van der Waals surface area contributed by atoms with Gasteiger partial charge in [-0.2, -0.15) is 5.10 Å². The Balaban J connectivity index is 1.51. The molecule has 1 saturated heterocycles. The van der Waals surface area contributed by atoms with E-state index in [1.165, 1.54) is 24.3 Å². The Kier molecular flexibility index (Phi) is 5.22. The van der Waals surface area contributed by atoms with Crippen LogP contribution in [0.2, 0.25) is 0 Å². The maximum atomic E-state index is 14.2. The largest absolute Gasteiger partial charge is 0.478 e. The summed E-state index contributed by atoms with van der Waals surface area (Å²) in [7, 11) is 2.12. The average Bonchev–Trinajstić information content (AvgIpc) is 3.18. The topological polar surface area (TPSA) is 96.2 Å². The van der Waals surface area contributed by atoms with Crippen LogP contribution in [-0.2, 0) is 0 Å². The zero-order chi connectivity index (χ0) is 20.4. The van der Waals surface area contributed by atoms with Crippen molar-refractivity contribution >= 4 is 17.6 Å². The van der Waals surface area contributed by atoms with Crippen molar-refractivity contribution in [2.75, 3.05) is 25.5 Å². The zero-order valence-corrected chi connectivity index (χ0v) is 15.9. The zero-order valence-electron chi connectivity index (χ0n) is 15.9. The van der Waals surface area contributed by atoms with E-state index in [1.54, 1.807) is 6.20 Å². The van der Waals surface area contributed by atoms with Gasteiger partial charge in [0.1, 0.15) is 5.69 Å². The summed E-state index contributed by atoms with van der Waals surface area (Å²) in [5, 5.41) is 16.5. The number of anilines is 2. The molecular weight excluding hydrogens is 375 g/mol. The molecule has 0 saturated carbocycles. The van der Waals surface area contributed by atoms with Crippen LogP contribution in [0.5, 0.6) is 0 Å². The molecule has 0 amide bonds. The third kappa shape index (κ3) is 4.24. The molecule has 1 aliphatic rings. The third-order valence-electron chi connectivity index (χ3n) is 5.07. The van der Waals surface area contributed by atoms with E-state index >= 15 is 0 Å². The highest BCUT2D eigenvalue weighted by molar-refractivity contribution is 5.88. The van der Waals surface area contributed by atoms with Crippen molar-refractivity contribution in [2.24, 2.45) is 0 Å². The van der Waals surface area contributed by atoms with Gasteiger partial charge in [-0.1, -0.05) is 12.1 Å². The summed E-state index contributed by atoms with van der Waals surface area (Å²) >= 11 is 0. The number of nitrogens with zero attached hydrogens (tertiary/aromatic N) is 5. The smallest absolute Gasteiger partial charge is 0.335 e. The van der Waals surface area contributed by atoms with Crippen molar-refractivity contribution in [3.8, 4) is 11.3 Å². The molecule has 29 heavy (non-hydrogen) atoms. The lowest BCUT2D eigenvalue weighted by molar-refractivity contribution is 0.0697. The second-order valence-corrected chi connectivity index (χ2v) is 7.14. The van der Waals surface area contributed by atoms with Crippen LogP contribution < -0.4 is 5.32 Å². The minimum Gasteiger partial charge on any atom is -0.478 e. The van der Waals surface area contributed by atoms with Gasteiger partial charge in [-0.25, -0.2) is 19.2 Å². The minimum absolute atomic E-state index is 0.0992. The maximum Gasteiger partial charge on any atom is 0.335 e. The number of carbonyl (C=O) groups is 1. The van der Waals surface area contributed by atoms with Gasteiger partial charge < -0.3 is 15.3 Å². The van der Waals surface area contributed by atoms with E-state index in [1.807, 2.05) is 10.9 Å². The molecule has 2 aromatic heterocycles. The highest BCUT2D eigenvalue weighted by atomic mass is 19.1. The minimum atomic E-state index is -1.04. The van der Waals surface area contributed by atoms with Crippen LogP contribution in [0.25, 0.3) is 11.3 Å². The molecule has 4 rings (SSSR count). The molecule has 0 aliphatic carbocycles. The summed E-state index contributed by atoms with van der Waals surface area (Å²) in [6.07, 6.45) is 6.79. The Morgan fingerprint density at radius 3 is 2.62 bits per heavy atom. The first kappa shape index (κ1) is 19.0. The number of carboxylic acids is 1. The number of hydrogen-bond donors (Lipinski definition) is 2. The normalized spacial score (nSPS) is 15.4. The van der Waals surface area contributed by atoms with Crippen molar-refractivity contribution in [1.29, 1.82) is 0 Å². The van der Waals surface area contributed by atoms with Crippen molar-refractivity contribution in [3.63, 3.8) is 0 Å². The molecule has 9 heteroatoms. The van der Waals surface area contributed by atoms with Crippen LogP contribution in [-0.4, -0.2) is 55.9 Å². The van der Waals surface area contributed by atoms with Crippen LogP contribution >= 0.6 is 0 Å². The van der Waals surface area contributed by atoms with E-state index in [-0.39, 0.29) is 17.2 Å². The molecule has 1 fully saturated rings. The number of nitrogens with one attached hydrogen (secondary N) is 1. The number of rotatable bonds is 5.